The summed E-state index contributed by atoms with van der Waals surface area (Å²) in [7, 11) is 6.87. The lowest BCUT2D eigenvalue weighted by Gasteiger charge is -2.27. The lowest BCUT2D eigenvalue weighted by molar-refractivity contribution is 0.0956. The fraction of sp³-hybridized carbons (Fsp3) is 0.286. The van der Waals surface area contributed by atoms with E-state index in [1.165, 1.54) is 11.3 Å². The highest BCUT2D eigenvalue weighted by Crippen LogP contribution is 2.47. The number of fused-ring (bicyclic) bond motifs is 2. The summed E-state index contributed by atoms with van der Waals surface area (Å²) in [6, 6.07) is 13.7. The lowest BCUT2D eigenvalue weighted by atomic mass is 9.91. The molecule has 0 atom stereocenters. The van der Waals surface area contributed by atoms with E-state index in [4.69, 9.17) is 24.9 Å². The Labute approximate surface area is 220 Å². The summed E-state index contributed by atoms with van der Waals surface area (Å²) >= 11 is 1.33. The van der Waals surface area contributed by atoms with Crippen LogP contribution in [0.2, 0.25) is 0 Å². The second-order valence-corrected chi connectivity index (χ2v) is 10.0. The van der Waals surface area contributed by atoms with Gasteiger partial charge in [0, 0.05) is 42.7 Å². The van der Waals surface area contributed by atoms with E-state index in [1.54, 1.807) is 21.3 Å². The number of aromatic nitrogens is 1. The van der Waals surface area contributed by atoms with Crippen molar-refractivity contribution in [1.29, 1.82) is 0 Å². The number of methoxy groups -OCH3 is 3. The molecule has 0 saturated heterocycles. The van der Waals surface area contributed by atoms with Crippen molar-refractivity contribution in [3.63, 3.8) is 0 Å². The monoisotopic (exact) mass is 518 g/mol. The molecule has 1 aliphatic rings. The molecule has 0 unspecified atom stereocenters. The molecule has 37 heavy (non-hydrogen) atoms. The highest BCUT2D eigenvalue weighted by Gasteiger charge is 2.28. The first-order chi connectivity index (χ1) is 17.9. The Morgan fingerprint density at radius 1 is 1.11 bits per heavy atom. The summed E-state index contributed by atoms with van der Waals surface area (Å²) in [5, 5.41) is 3.78. The number of thiophene rings is 1. The third-order valence-electron chi connectivity index (χ3n) is 6.68. The van der Waals surface area contributed by atoms with Crippen LogP contribution >= 0.6 is 11.3 Å². The van der Waals surface area contributed by atoms with Crippen LogP contribution in [-0.2, 0) is 19.5 Å². The molecule has 0 saturated carbocycles. The molecule has 8 nitrogen and oxygen atoms in total. The maximum absolute atomic E-state index is 13.2. The van der Waals surface area contributed by atoms with E-state index < -0.39 is 0 Å². The number of nitrogen functional groups attached to an aromatic ring is 1. The minimum absolute atomic E-state index is 0.213. The van der Waals surface area contributed by atoms with E-state index in [1.807, 2.05) is 42.5 Å². The van der Waals surface area contributed by atoms with Crippen molar-refractivity contribution in [1.82, 2.24) is 15.2 Å². The number of carbonyl (C=O) groups is 1. The number of nitrogens with zero attached hydrogens (tertiary/aromatic N) is 2. The first kappa shape index (κ1) is 24.9. The van der Waals surface area contributed by atoms with Gasteiger partial charge in [-0.3, -0.25) is 4.79 Å². The molecule has 1 amide bonds. The first-order valence-corrected chi connectivity index (χ1v) is 12.8. The summed E-state index contributed by atoms with van der Waals surface area (Å²) < 4.78 is 16.8. The maximum Gasteiger partial charge on any atom is 0.263 e. The summed E-state index contributed by atoms with van der Waals surface area (Å²) in [5.74, 6) is 1.41. The number of ether oxygens (including phenoxy) is 3. The Morgan fingerprint density at radius 2 is 1.81 bits per heavy atom. The number of amides is 1. The van der Waals surface area contributed by atoms with E-state index in [2.05, 4.69) is 17.3 Å². The summed E-state index contributed by atoms with van der Waals surface area (Å²) in [5.41, 5.74) is 12.1. The van der Waals surface area contributed by atoms with Crippen LogP contribution in [0.5, 0.6) is 17.2 Å². The van der Waals surface area contributed by atoms with Gasteiger partial charge in [-0.2, -0.15) is 0 Å². The van der Waals surface area contributed by atoms with Gasteiger partial charge in [-0.05, 0) is 35.9 Å². The fourth-order valence-electron chi connectivity index (χ4n) is 4.83. The van der Waals surface area contributed by atoms with Gasteiger partial charge >= 0.3 is 0 Å². The first-order valence-electron chi connectivity index (χ1n) is 12.0. The molecule has 0 aliphatic carbocycles. The zero-order valence-electron chi connectivity index (χ0n) is 21.4. The fourth-order valence-corrected chi connectivity index (χ4v) is 5.87. The van der Waals surface area contributed by atoms with Crippen molar-refractivity contribution in [2.45, 2.75) is 19.5 Å². The number of likely N-dealkylation sites (N-methyl/N-ethyl adjacent to an activating group) is 1. The molecule has 1 aliphatic heterocycles. The van der Waals surface area contributed by atoms with Crippen molar-refractivity contribution in [2.24, 2.45) is 0 Å². The molecule has 192 valence electrons. The normalized spacial score (nSPS) is 13.3. The quantitative estimate of drug-likeness (QED) is 0.372. The van der Waals surface area contributed by atoms with E-state index in [0.29, 0.717) is 34.4 Å². The van der Waals surface area contributed by atoms with Gasteiger partial charge in [-0.15, -0.1) is 11.3 Å². The average Bonchev–Trinajstić information content (AvgIpc) is 3.25. The van der Waals surface area contributed by atoms with Gasteiger partial charge in [0.25, 0.3) is 5.91 Å². The van der Waals surface area contributed by atoms with Gasteiger partial charge in [0.2, 0.25) is 5.75 Å². The van der Waals surface area contributed by atoms with Gasteiger partial charge in [0.15, 0.2) is 11.5 Å². The van der Waals surface area contributed by atoms with E-state index >= 15 is 0 Å². The van der Waals surface area contributed by atoms with E-state index in [9.17, 15) is 4.79 Å². The van der Waals surface area contributed by atoms with Crippen molar-refractivity contribution < 1.29 is 19.0 Å². The molecule has 9 heteroatoms. The van der Waals surface area contributed by atoms with Crippen LogP contribution in [0.4, 0.5) is 5.69 Å². The molecule has 2 aromatic heterocycles. The number of hydrogen-bond donors (Lipinski definition) is 2. The van der Waals surface area contributed by atoms with E-state index in [-0.39, 0.29) is 5.91 Å². The molecule has 0 radical (unpaired) electrons. The molecule has 0 bridgehead atoms. The molecule has 5 rings (SSSR count). The number of benzene rings is 2. The number of nitrogens with two attached hydrogens (primary N) is 1. The Morgan fingerprint density at radius 3 is 2.46 bits per heavy atom. The van der Waals surface area contributed by atoms with Gasteiger partial charge in [-0.25, -0.2) is 4.98 Å². The summed E-state index contributed by atoms with van der Waals surface area (Å²) in [6.45, 7) is 2.04. The maximum atomic E-state index is 13.2. The molecule has 2 aromatic carbocycles. The molecular weight excluding hydrogens is 488 g/mol. The van der Waals surface area contributed by atoms with Crippen LogP contribution in [0.3, 0.4) is 0 Å². The second-order valence-electron chi connectivity index (χ2n) is 9.01. The third kappa shape index (κ3) is 4.56. The molecular formula is C28H30N4O4S. The standard InChI is InChI=1S/C28H30N4O4S/c1-32-11-10-19-18(15-32)22(17-12-20(34-2)25(36-4)21(13-17)35-3)23-24(29)26(37-28(23)31-19)27(33)30-14-16-8-6-5-7-9-16/h5-9,12-13H,10-11,14-15,29H2,1-4H3,(H,30,33). The topological polar surface area (TPSA) is 98.9 Å². The summed E-state index contributed by atoms with van der Waals surface area (Å²) in [4.78, 5) is 21.7. The van der Waals surface area contributed by atoms with Crippen LogP contribution in [0.15, 0.2) is 42.5 Å². The Bertz CT molecular complexity index is 1440. The largest absolute Gasteiger partial charge is 0.493 e. The number of nitrogens with one attached hydrogen (secondary N) is 1. The van der Waals surface area contributed by atoms with Crippen LogP contribution in [-0.4, -0.2) is 50.7 Å². The van der Waals surface area contributed by atoms with Crippen LogP contribution in [0.1, 0.15) is 26.5 Å². The number of hydrogen-bond acceptors (Lipinski definition) is 8. The van der Waals surface area contributed by atoms with Crippen LogP contribution in [0.25, 0.3) is 21.3 Å². The van der Waals surface area contributed by atoms with Crippen molar-refractivity contribution >= 4 is 33.1 Å². The zero-order chi connectivity index (χ0) is 26.1. The lowest BCUT2D eigenvalue weighted by Crippen LogP contribution is -2.28. The SMILES string of the molecule is COc1cc(-c2c3c(nc4sc(C(=O)NCc5ccccc5)c(N)c24)CCN(C)C3)cc(OC)c1OC. The Kier molecular flexibility index (Phi) is 6.90. The smallest absolute Gasteiger partial charge is 0.263 e. The molecule has 3 N–H and O–H groups in total. The molecule has 4 aromatic rings. The van der Waals surface area contributed by atoms with E-state index in [0.717, 1.165) is 57.7 Å². The zero-order valence-corrected chi connectivity index (χ0v) is 22.2. The third-order valence-corrected chi connectivity index (χ3v) is 7.78. The van der Waals surface area contributed by atoms with Crippen molar-refractivity contribution in [2.75, 3.05) is 40.7 Å². The predicted molar refractivity (Wildman–Crippen MR) is 147 cm³/mol. The van der Waals surface area contributed by atoms with Gasteiger partial charge in [0.1, 0.15) is 9.71 Å². The molecule has 3 heterocycles. The van der Waals surface area contributed by atoms with Crippen LogP contribution in [0, 0.1) is 0 Å². The molecule has 0 fully saturated rings. The van der Waals surface area contributed by atoms with Gasteiger partial charge in [0.05, 0.1) is 27.0 Å². The highest BCUT2D eigenvalue weighted by atomic mass is 32.1. The predicted octanol–water partition coefficient (Wildman–Crippen LogP) is 4.49. The Balaban J connectivity index is 1.68. The molecule has 0 spiro atoms. The van der Waals surface area contributed by atoms with Crippen molar-refractivity contribution in [3.8, 4) is 28.4 Å². The summed E-state index contributed by atoms with van der Waals surface area (Å²) in [6.07, 6.45) is 0.812. The Hall–Kier alpha value is -3.82. The van der Waals surface area contributed by atoms with Gasteiger partial charge in [-0.1, -0.05) is 30.3 Å². The minimum Gasteiger partial charge on any atom is -0.493 e. The second kappa shape index (κ2) is 10.3. The highest BCUT2D eigenvalue weighted by molar-refractivity contribution is 7.21. The number of pyridine rings is 1. The van der Waals surface area contributed by atoms with Crippen LogP contribution < -0.4 is 25.3 Å². The number of carbonyl (C=O) groups excluding carboxylic acids is 1. The average molecular weight is 519 g/mol. The number of rotatable bonds is 7. The minimum atomic E-state index is -0.213. The number of anilines is 1. The van der Waals surface area contributed by atoms with Gasteiger partial charge < -0.3 is 30.2 Å². The van der Waals surface area contributed by atoms with Crippen molar-refractivity contribution in [3.05, 3.63) is 64.2 Å².